The van der Waals surface area contributed by atoms with Crippen molar-refractivity contribution in [2.75, 3.05) is 26.3 Å². The van der Waals surface area contributed by atoms with Crippen LogP contribution in [0.4, 0.5) is 0 Å². The third kappa shape index (κ3) is 3.23. The lowest BCUT2D eigenvalue weighted by Crippen LogP contribution is -2.59. The van der Waals surface area contributed by atoms with E-state index in [0.717, 1.165) is 0 Å². The van der Waals surface area contributed by atoms with E-state index in [1.54, 1.807) is 6.92 Å². The zero-order valence-electron chi connectivity index (χ0n) is 11.4. The number of rotatable bonds is 4. The SMILES string of the molecule is CCNC(=O)C1COCCN1C(=O)C(C)(C)C(=O)O. The number of carbonyl (C=O) groups excluding carboxylic acids is 2. The Hall–Kier alpha value is -1.63. The van der Waals surface area contributed by atoms with Gasteiger partial charge in [-0.25, -0.2) is 0 Å². The molecule has 0 bridgehead atoms. The number of carboxylic acids is 1. The van der Waals surface area contributed by atoms with Crippen molar-refractivity contribution in [3.63, 3.8) is 0 Å². The fourth-order valence-corrected chi connectivity index (χ4v) is 1.81. The molecular formula is C12H20N2O5. The van der Waals surface area contributed by atoms with Crippen LogP contribution in [0.1, 0.15) is 20.8 Å². The average Bonchev–Trinajstić information content (AvgIpc) is 2.37. The monoisotopic (exact) mass is 272 g/mol. The van der Waals surface area contributed by atoms with E-state index < -0.39 is 23.3 Å². The first-order chi connectivity index (χ1) is 8.82. The summed E-state index contributed by atoms with van der Waals surface area (Å²) >= 11 is 0. The van der Waals surface area contributed by atoms with Gasteiger partial charge >= 0.3 is 5.97 Å². The Morgan fingerprint density at radius 1 is 1.42 bits per heavy atom. The van der Waals surface area contributed by atoms with Crippen LogP contribution in [0.5, 0.6) is 0 Å². The third-order valence-corrected chi connectivity index (χ3v) is 3.11. The third-order valence-electron chi connectivity index (χ3n) is 3.11. The number of hydrogen-bond donors (Lipinski definition) is 2. The molecule has 2 N–H and O–H groups in total. The summed E-state index contributed by atoms with van der Waals surface area (Å²) in [5, 5.41) is 11.7. The molecule has 7 heteroatoms. The van der Waals surface area contributed by atoms with E-state index in [0.29, 0.717) is 13.2 Å². The number of carboxylic acid groups (broad SMARTS) is 1. The Kier molecular flexibility index (Phi) is 4.88. The smallest absolute Gasteiger partial charge is 0.318 e. The van der Waals surface area contributed by atoms with Gasteiger partial charge in [-0.3, -0.25) is 14.4 Å². The van der Waals surface area contributed by atoms with Crippen LogP contribution in [0.25, 0.3) is 0 Å². The molecule has 0 aromatic carbocycles. The molecule has 1 atom stereocenters. The maximum atomic E-state index is 12.3. The molecule has 2 amide bonds. The number of likely N-dealkylation sites (N-methyl/N-ethyl adjacent to an activating group) is 1. The van der Waals surface area contributed by atoms with Gasteiger partial charge in [0.2, 0.25) is 11.8 Å². The highest BCUT2D eigenvalue weighted by Gasteiger charge is 2.44. The average molecular weight is 272 g/mol. The summed E-state index contributed by atoms with van der Waals surface area (Å²) < 4.78 is 5.20. The van der Waals surface area contributed by atoms with Crippen molar-refractivity contribution in [2.24, 2.45) is 5.41 Å². The molecule has 1 saturated heterocycles. The Bertz CT molecular complexity index is 380. The van der Waals surface area contributed by atoms with Crippen LogP contribution in [0, 0.1) is 5.41 Å². The molecule has 1 aliphatic rings. The quantitative estimate of drug-likeness (QED) is 0.670. The van der Waals surface area contributed by atoms with Crippen molar-refractivity contribution in [2.45, 2.75) is 26.8 Å². The van der Waals surface area contributed by atoms with Gasteiger partial charge in [-0.1, -0.05) is 0 Å². The summed E-state index contributed by atoms with van der Waals surface area (Å²) in [5.41, 5.74) is -1.55. The highest BCUT2D eigenvalue weighted by molar-refractivity contribution is 6.02. The van der Waals surface area contributed by atoms with Gasteiger partial charge in [0.1, 0.15) is 11.5 Å². The van der Waals surface area contributed by atoms with Crippen molar-refractivity contribution in [3.05, 3.63) is 0 Å². The topological polar surface area (TPSA) is 95.9 Å². The predicted molar refractivity (Wildman–Crippen MR) is 66.4 cm³/mol. The lowest BCUT2D eigenvalue weighted by molar-refractivity contribution is -0.165. The maximum absolute atomic E-state index is 12.3. The molecule has 0 saturated carbocycles. The van der Waals surface area contributed by atoms with E-state index in [1.165, 1.54) is 18.7 Å². The summed E-state index contributed by atoms with van der Waals surface area (Å²) in [4.78, 5) is 36.6. The van der Waals surface area contributed by atoms with Gasteiger partial charge in [-0.15, -0.1) is 0 Å². The van der Waals surface area contributed by atoms with Crippen LogP contribution in [0.2, 0.25) is 0 Å². The van der Waals surface area contributed by atoms with Crippen LogP contribution in [0.3, 0.4) is 0 Å². The largest absolute Gasteiger partial charge is 0.480 e. The number of nitrogens with one attached hydrogen (secondary N) is 1. The standard InChI is InChI=1S/C12H20N2O5/c1-4-13-9(15)8-7-19-6-5-14(8)10(16)12(2,3)11(17)18/h8H,4-7H2,1-3H3,(H,13,15)(H,17,18). The first-order valence-corrected chi connectivity index (χ1v) is 6.22. The molecule has 0 radical (unpaired) electrons. The molecule has 1 fully saturated rings. The minimum Gasteiger partial charge on any atom is -0.480 e. The minimum absolute atomic E-state index is 0.0905. The van der Waals surface area contributed by atoms with E-state index in [2.05, 4.69) is 5.32 Å². The molecule has 108 valence electrons. The van der Waals surface area contributed by atoms with Crippen molar-refractivity contribution in [1.82, 2.24) is 10.2 Å². The molecule has 1 aliphatic heterocycles. The van der Waals surface area contributed by atoms with Gasteiger partial charge < -0.3 is 20.1 Å². The highest BCUT2D eigenvalue weighted by Crippen LogP contribution is 2.22. The summed E-state index contributed by atoms with van der Waals surface area (Å²) in [6.07, 6.45) is 0. The molecule has 0 aromatic rings. The lowest BCUT2D eigenvalue weighted by atomic mass is 9.91. The molecule has 7 nitrogen and oxygen atoms in total. The van der Waals surface area contributed by atoms with Gasteiger partial charge in [0, 0.05) is 13.1 Å². The first-order valence-electron chi connectivity index (χ1n) is 6.22. The summed E-state index contributed by atoms with van der Waals surface area (Å²) in [6.45, 7) is 5.50. The minimum atomic E-state index is -1.55. The van der Waals surface area contributed by atoms with Gasteiger partial charge in [0.15, 0.2) is 0 Å². The molecule has 0 spiro atoms. The fourth-order valence-electron chi connectivity index (χ4n) is 1.81. The van der Waals surface area contributed by atoms with Crippen molar-refractivity contribution in [3.8, 4) is 0 Å². The zero-order chi connectivity index (χ0) is 14.6. The predicted octanol–water partition coefficient (Wildman–Crippen LogP) is -0.539. The van der Waals surface area contributed by atoms with E-state index >= 15 is 0 Å². The molecule has 1 rings (SSSR count). The second-order valence-corrected chi connectivity index (χ2v) is 4.91. The number of morpholine rings is 1. The number of hydrogen-bond acceptors (Lipinski definition) is 4. The second kappa shape index (κ2) is 6.01. The van der Waals surface area contributed by atoms with E-state index in [1.807, 2.05) is 0 Å². The van der Waals surface area contributed by atoms with E-state index in [-0.39, 0.29) is 19.1 Å². The van der Waals surface area contributed by atoms with E-state index in [9.17, 15) is 14.4 Å². The molecule has 1 unspecified atom stereocenters. The first kappa shape index (κ1) is 15.4. The van der Waals surface area contributed by atoms with Gasteiger partial charge in [-0.2, -0.15) is 0 Å². The summed E-state index contributed by atoms with van der Waals surface area (Å²) in [5.74, 6) is -2.10. The van der Waals surface area contributed by atoms with Crippen LogP contribution < -0.4 is 5.32 Å². The fraction of sp³-hybridized carbons (Fsp3) is 0.750. The Labute approximate surface area is 111 Å². The van der Waals surface area contributed by atoms with Crippen molar-refractivity contribution in [1.29, 1.82) is 0 Å². The second-order valence-electron chi connectivity index (χ2n) is 4.91. The number of amides is 2. The Morgan fingerprint density at radius 3 is 2.58 bits per heavy atom. The van der Waals surface area contributed by atoms with Crippen molar-refractivity contribution < 1.29 is 24.2 Å². The number of nitrogens with zero attached hydrogens (tertiary/aromatic N) is 1. The Balaban J connectivity index is 2.91. The summed E-state index contributed by atoms with van der Waals surface area (Å²) in [7, 11) is 0. The van der Waals surface area contributed by atoms with Crippen LogP contribution in [0.15, 0.2) is 0 Å². The molecule has 0 aliphatic carbocycles. The van der Waals surface area contributed by atoms with Gasteiger partial charge in [0.25, 0.3) is 0 Å². The lowest BCUT2D eigenvalue weighted by Gasteiger charge is -2.37. The van der Waals surface area contributed by atoms with Crippen LogP contribution in [-0.4, -0.2) is 60.1 Å². The van der Waals surface area contributed by atoms with E-state index in [4.69, 9.17) is 9.84 Å². The summed E-state index contributed by atoms with van der Waals surface area (Å²) in [6, 6.07) is -0.764. The zero-order valence-corrected chi connectivity index (χ0v) is 11.4. The van der Waals surface area contributed by atoms with Crippen LogP contribution >= 0.6 is 0 Å². The van der Waals surface area contributed by atoms with Crippen molar-refractivity contribution >= 4 is 17.8 Å². The molecule has 19 heavy (non-hydrogen) atoms. The maximum Gasteiger partial charge on any atom is 0.318 e. The number of carbonyl (C=O) groups is 3. The molecular weight excluding hydrogens is 252 g/mol. The normalized spacial score (nSPS) is 19.9. The molecule has 1 heterocycles. The van der Waals surface area contributed by atoms with Crippen LogP contribution in [-0.2, 0) is 19.1 Å². The highest BCUT2D eigenvalue weighted by atomic mass is 16.5. The number of aliphatic carboxylic acids is 1. The Morgan fingerprint density at radius 2 is 2.05 bits per heavy atom. The van der Waals surface area contributed by atoms with Gasteiger partial charge in [-0.05, 0) is 20.8 Å². The number of ether oxygens (including phenoxy) is 1. The van der Waals surface area contributed by atoms with Gasteiger partial charge in [0.05, 0.1) is 13.2 Å². The molecule has 0 aromatic heterocycles.